The molecule has 0 heterocycles. The van der Waals surface area contributed by atoms with Crippen molar-refractivity contribution in [2.75, 3.05) is 0 Å². The highest BCUT2D eigenvalue weighted by atomic mass is 32.1. The van der Waals surface area contributed by atoms with Crippen LogP contribution < -0.4 is 11.1 Å². The van der Waals surface area contributed by atoms with Gasteiger partial charge in [-0.15, -0.1) is 0 Å². The summed E-state index contributed by atoms with van der Waals surface area (Å²) in [4.78, 5) is 12.6. The second-order valence-electron chi connectivity index (χ2n) is 5.92. The smallest absolute Gasteiger partial charge is 0.223 e. The second-order valence-corrected chi connectivity index (χ2v) is 6.35. The predicted octanol–water partition coefficient (Wildman–Crippen LogP) is 2.53. The molecule has 1 amide bonds. The molecule has 3 nitrogen and oxygen atoms in total. The molecule has 3 N–H and O–H groups in total. The van der Waals surface area contributed by atoms with Crippen LogP contribution in [0.2, 0.25) is 0 Å². The van der Waals surface area contributed by atoms with Gasteiger partial charge in [0.05, 0.1) is 10.5 Å². The van der Waals surface area contributed by atoms with Gasteiger partial charge in [0.25, 0.3) is 0 Å². The lowest BCUT2D eigenvalue weighted by Gasteiger charge is -2.41. The SMILES string of the molecule is CCC1CCC(NC(=O)C2CCC2)(C(N)=S)CC1. The zero-order valence-electron chi connectivity index (χ0n) is 11.2. The number of hydrogen-bond donors (Lipinski definition) is 2. The van der Waals surface area contributed by atoms with Gasteiger partial charge in [-0.05, 0) is 44.4 Å². The van der Waals surface area contributed by atoms with E-state index in [9.17, 15) is 4.79 Å². The molecule has 0 aromatic carbocycles. The summed E-state index contributed by atoms with van der Waals surface area (Å²) in [6, 6.07) is 0. The minimum atomic E-state index is -0.395. The van der Waals surface area contributed by atoms with Gasteiger partial charge in [0.2, 0.25) is 5.91 Å². The Bertz CT molecular complexity index is 331. The van der Waals surface area contributed by atoms with E-state index in [-0.39, 0.29) is 11.8 Å². The first-order valence-electron chi connectivity index (χ1n) is 7.19. The molecule has 0 atom stereocenters. The molecule has 2 aliphatic carbocycles. The Balaban J connectivity index is 1.99. The fourth-order valence-electron chi connectivity index (χ4n) is 3.02. The van der Waals surface area contributed by atoms with Gasteiger partial charge >= 0.3 is 0 Å². The van der Waals surface area contributed by atoms with Crippen molar-refractivity contribution in [3.8, 4) is 0 Å². The molecule has 2 aliphatic rings. The van der Waals surface area contributed by atoms with E-state index >= 15 is 0 Å². The van der Waals surface area contributed by atoms with Crippen LogP contribution in [0, 0.1) is 11.8 Å². The molecule has 18 heavy (non-hydrogen) atoms. The van der Waals surface area contributed by atoms with E-state index in [1.807, 2.05) is 0 Å². The molecule has 2 fully saturated rings. The molecule has 0 unspecified atom stereocenters. The first-order chi connectivity index (χ1) is 8.57. The number of nitrogens with two attached hydrogens (primary N) is 1. The van der Waals surface area contributed by atoms with E-state index in [2.05, 4.69) is 12.2 Å². The van der Waals surface area contributed by atoms with Crippen molar-refractivity contribution in [1.29, 1.82) is 0 Å². The second kappa shape index (κ2) is 5.55. The third-order valence-corrected chi connectivity index (χ3v) is 5.24. The van der Waals surface area contributed by atoms with Gasteiger partial charge in [-0.3, -0.25) is 4.79 Å². The van der Waals surface area contributed by atoms with Gasteiger partial charge in [-0.1, -0.05) is 32.0 Å². The number of carbonyl (C=O) groups excluding carboxylic acids is 1. The van der Waals surface area contributed by atoms with Gasteiger partial charge in [0.15, 0.2) is 0 Å². The van der Waals surface area contributed by atoms with Crippen LogP contribution in [-0.2, 0) is 4.79 Å². The monoisotopic (exact) mass is 268 g/mol. The molecule has 0 radical (unpaired) electrons. The van der Waals surface area contributed by atoms with Crippen LogP contribution in [0.15, 0.2) is 0 Å². The first-order valence-corrected chi connectivity index (χ1v) is 7.60. The van der Waals surface area contributed by atoms with Crippen LogP contribution >= 0.6 is 12.2 Å². The zero-order chi connectivity index (χ0) is 13.2. The van der Waals surface area contributed by atoms with Gasteiger partial charge in [0, 0.05) is 5.92 Å². The minimum Gasteiger partial charge on any atom is -0.391 e. The largest absolute Gasteiger partial charge is 0.391 e. The molecular formula is C14H24N2OS. The summed E-state index contributed by atoms with van der Waals surface area (Å²) >= 11 is 5.22. The maximum absolute atomic E-state index is 12.1. The Morgan fingerprint density at radius 1 is 1.33 bits per heavy atom. The van der Waals surface area contributed by atoms with Crippen molar-refractivity contribution in [2.45, 2.75) is 63.8 Å². The summed E-state index contributed by atoms with van der Waals surface area (Å²) in [7, 11) is 0. The number of hydrogen-bond acceptors (Lipinski definition) is 2. The zero-order valence-corrected chi connectivity index (χ0v) is 12.0. The molecule has 102 valence electrons. The number of carbonyl (C=O) groups is 1. The average molecular weight is 268 g/mol. The maximum Gasteiger partial charge on any atom is 0.223 e. The first kappa shape index (κ1) is 13.8. The van der Waals surface area contributed by atoms with Crippen molar-refractivity contribution >= 4 is 23.1 Å². The summed E-state index contributed by atoms with van der Waals surface area (Å²) in [5.74, 6) is 1.15. The Kier molecular flexibility index (Phi) is 4.25. The summed E-state index contributed by atoms with van der Waals surface area (Å²) in [5.41, 5.74) is 5.52. The van der Waals surface area contributed by atoms with Crippen LogP contribution in [0.1, 0.15) is 58.3 Å². The normalized spacial score (nSPS) is 32.6. The van der Waals surface area contributed by atoms with Crippen molar-refractivity contribution in [3.63, 3.8) is 0 Å². The quantitative estimate of drug-likeness (QED) is 0.770. The molecular weight excluding hydrogens is 244 g/mol. The van der Waals surface area contributed by atoms with E-state index in [1.165, 1.54) is 12.8 Å². The lowest BCUT2D eigenvalue weighted by molar-refractivity contribution is -0.129. The lowest BCUT2D eigenvalue weighted by atomic mass is 9.74. The third-order valence-electron chi connectivity index (χ3n) is 4.85. The lowest BCUT2D eigenvalue weighted by Crippen LogP contribution is -2.59. The van der Waals surface area contributed by atoms with Crippen molar-refractivity contribution in [2.24, 2.45) is 17.6 Å². The van der Waals surface area contributed by atoms with Crippen LogP contribution in [0.25, 0.3) is 0 Å². The summed E-state index contributed by atoms with van der Waals surface area (Å²) in [6.45, 7) is 2.23. The van der Waals surface area contributed by atoms with Gasteiger partial charge in [-0.2, -0.15) is 0 Å². The van der Waals surface area contributed by atoms with E-state index in [0.717, 1.165) is 44.4 Å². The molecule has 0 aromatic heterocycles. The fraction of sp³-hybridized carbons (Fsp3) is 0.857. The third kappa shape index (κ3) is 2.68. The molecule has 4 heteroatoms. The molecule has 0 spiro atoms. The van der Waals surface area contributed by atoms with E-state index in [4.69, 9.17) is 18.0 Å². The van der Waals surface area contributed by atoms with Crippen molar-refractivity contribution in [3.05, 3.63) is 0 Å². The Morgan fingerprint density at radius 2 is 1.94 bits per heavy atom. The topological polar surface area (TPSA) is 55.1 Å². The van der Waals surface area contributed by atoms with Crippen LogP contribution in [0.4, 0.5) is 0 Å². The minimum absolute atomic E-state index is 0.170. The Hall–Kier alpha value is -0.640. The molecule has 0 aliphatic heterocycles. The van der Waals surface area contributed by atoms with Gasteiger partial charge in [0.1, 0.15) is 0 Å². The van der Waals surface area contributed by atoms with Crippen LogP contribution in [-0.4, -0.2) is 16.4 Å². The molecule has 0 bridgehead atoms. The standard InChI is InChI=1S/C14H24N2OS/c1-2-10-6-8-14(9-7-10,13(15)18)16-12(17)11-4-3-5-11/h10-11H,2-9H2,1H3,(H2,15,18)(H,16,17). The van der Waals surface area contributed by atoms with Crippen molar-refractivity contribution in [1.82, 2.24) is 5.32 Å². The Labute approximate surface area is 115 Å². The highest BCUT2D eigenvalue weighted by Gasteiger charge is 2.40. The van der Waals surface area contributed by atoms with Gasteiger partial charge in [-0.25, -0.2) is 0 Å². The summed E-state index contributed by atoms with van der Waals surface area (Å²) in [5, 5.41) is 3.17. The fourth-order valence-corrected chi connectivity index (χ4v) is 3.28. The number of nitrogens with one attached hydrogen (secondary N) is 1. The summed E-state index contributed by atoms with van der Waals surface area (Å²) < 4.78 is 0. The number of rotatable bonds is 4. The molecule has 0 aromatic rings. The average Bonchev–Trinajstić information content (AvgIpc) is 2.27. The van der Waals surface area contributed by atoms with Crippen LogP contribution in [0.5, 0.6) is 0 Å². The highest BCUT2D eigenvalue weighted by molar-refractivity contribution is 7.80. The summed E-state index contributed by atoms with van der Waals surface area (Å²) in [6.07, 6.45) is 8.52. The predicted molar refractivity (Wildman–Crippen MR) is 77.2 cm³/mol. The van der Waals surface area contributed by atoms with E-state index < -0.39 is 5.54 Å². The van der Waals surface area contributed by atoms with Crippen molar-refractivity contribution < 1.29 is 4.79 Å². The van der Waals surface area contributed by atoms with Gasteiger partial charge < -0.3 is 11.1 Å². The van der Waals surface area contributed by atoms with Crippen LogP contribution in [0.3, 0.4) is 0 Å². The highest BCUT2D eigenvalue weighted by Crippen LogP contribution is 2.35. The Morgan fingerprint density at radius 3 is 2.33 bits per heavy atom. The molecule has 2 rings (SSSR count). The number of amides is 1. The van der Waals surface area contributed by atoms with E-state index in [1.54, 1.807) is 0 Å². The molecule has 0 saturated heterocycles. The molecule has 2 saturated carbocycles. The maximum atomic E-state index is 12.1. The van der Waals surface area contributed by atoms with E-state index in [0.29, 0.717) is 4.99 Å². The number of thiocarbonyl (C=S) groups is 1.